The second-order valence-electron chi connectivity index (χ2n) is 6.38. The first-order valence-corrected chi connectivity index (χ1v) is 8.89. The van der Waals surface area contributed by atoms with E-state index in [9.17, 15) is 14.4 Å². The van der Waals surface area contributed by atoms with Crippen molar-refractivity contribution in [2.24, 2.45) is 5.92 Å². The zero-order valence-corrected chi connectivity index (χ0v) is 15.2. The average Bonchev–Trinajstić information content (AvgIpc) is 2.66. The lowest BCUT2D eigenvalue weighted by atomic mass is 9.96. The van der Waals surface area contributed by atoms with E-state index in [-0.39, 0.29) is 22.5 Å². The van der Waals surface area contributed by atoms with Crippen LogP contribution in [0.3, 0.4) is 0 Å². The summed E-state index contributed by atoms with van der Waals surface area (Å²) in [4.78, 5) is 41.6. The molecule has 3 heterocycles. The Labute approximate surface area is 160 Å². The molecule has 1 saturated heterocycles. The number of carboxylic acid groups (broad SMARTS) is 1. The molecule has 27 heavy (non-hydrogen) atoms. The van der Waals surface area contributed by atoms with Crippen LogP contribution >= 0.6 is 11.6 Å². The number of anilines is 2. The van der Waals surface area contributed by atoms with Crippen molar-refractivity contribution in [1.82, 2.24) is 9.55 Å². The summed E-state index contributed by atoms with van der Waals surface area (Å²) in [6.45, 7) is 0.890. The smallest absolute Gasteiger partial charge is 0.323 e. The molecule has 1 aliphatic heterocycles. The van der Waals surface area contributed by atoms with E-state index >= 15 is 0 Å². The van der Waals surface area contributed by atoms with Crippen LogP contribution < -0.4 is 15.8 Å². The van der Waals surface area contributed by atoms with Gasteiger partial charge in [0, 0.05) is 31.5 Å². The molecule has 1 amide bonds. The van der Waals surface area contributed by atoms with Crippen LogP contribution in [0.1, 0.15) is 12.8 Å². The monoisotopic (exact) mass is 390 g/mol. The molecule has 1 aliphatic rings. The highest BCUT2D eigenvalue weighted by molar-refractivity contribution is 6.33. The lowest BCUT2D eigenvalue weighted by Gasteiger charge is -2.33. The third-order valence-corrected chi connectivity index (χ3v) is 4.75. The zero-order chi connectivity index (χ0) is 19.4. The standard InChI is InChI=1S/C18H19ClN4O4/c19-14-7-16(24)23(11-17(25)26)10-15(14)21-18(27)12-3-2-6-22(9-12)13-4-1-5-20-8-13/h1,4-5,7-8,10,12H,2-3,6,9,11H2,(H,21,27)(H,25,26)/t12-/m1/s1. The maximum atomic E-state index is 12.7. The van der Waals surface area contributed by atoms with Gasteiger partial charge in [-0.05, 0) is 25.0 Å². The van der Waals surface area contributed by atoms with Crippen molar-refractivity contribution in [3.8, 4) is 0 Å². The van der Waals surface area contributed by atoms with Crippen molar-refractivity contribution < 1.29 is 14.7 Å². The van der Waals surface area contributed by atoms with E-state index in [2.05, 4.69) is 15.2 Å². The molecule has 0 bridgehead atoms. The predicted octanol–water partition coefficient (Wildman–Crippen LogP) is 1.84. The number of carbonyl (C=O) groups excluding carboxylic acids is 1. The Morgan fingerprint density at radius 1 is 1.41 bits per heavy atom. The summed E-state index contributed by atoms with van der Waals surface area (Å²) in [5.41, 5.74) is 0.643. The van der Waals surface area contributed by atoms with E-state index in [1.54, 1.807) is 12.4 Å². The van der Waals surface area contributed by atoms with Gasteiger partial charge in [-0.25, -0.2) is 0 Å². The average molecular weight is 391 g/mol. The highest BCUT2D eigenvalue weighted by Crippen LogP contribution is 2.25. The Balaban J connectivity index is 1.73. The number of nitrogens with zero attached hydrogens (tertiary/aromatic N) is 3. The first-order valence-electron chi connectivity index (χ1n) is 8.51. The summed E-state index contributed by atoms with van der Waals surface area (Å²) in [6, 6.07) is 4.90. The molecular weight excluding hydrogens is 372 g/mol. The molecule has 0 saturated carbocycles. The lowest BCUT2D eigenvalue weighted by Crippen LogP contribution is -2.41. The molecule has 0 unspecified atom stereocenters. The van der Waals surface area contributed by atoms with E-state index in [1.165, 1.54) is 6.20 Å². The van der Waals surface area contributed by atoms with E-state index in [4.69, 9.17) is 16.7 Å². The molecule has 2 aromatic rings. The van der Waals surface area contributed by atoms with Gasteiger partial charge in [0.05, 0.1) is 28.5 Å². The van der Waals surface area contributed by atoms with Gasteiger partial charge in [-0.2, -0.15) is 0 Å². The number of amides is 1. The highest BCUT2D eigenvalue weighted by Gasteiger charge is 2.26. The summed E-state index contributed by atoms with van der Waals surface area (Å²) in [5.74, 6) is -1.63. The molecule has 0 spiro atoms. The van der Waals surface area contributed by atoms with Gasteiger partial charge in [0.25, 0.3) is 5.56 Å². The van der Waals surface area contributed by atoms with E-state index in [0.29, 0.717) is 6.54 Å². The van der Waals surface area contributed by atoms with Gasteiger partial charge >= 0.3 is 5.97 Å². The first kappa shape index (κ1) is 18.9. The van der Waals surface area contributed by atoms with Crippen molar-refractivity contribution in [1.29, 1.82) is 0 Å². The van der Waals surface area contributed by atoms with Crippen LogP contribution in [0.4, 0.5) is 11.4 Å². The number of pyridine rings is 2. The minimum atomic E-state index is -1.16. The fourth-order valence-corrected chi connectivity index (χ4v) is 3.30. The number of hydrogen-bond acceptors (Lipinski definition) is 5. The first-order chi connectivity index (χ1) is 12.9. The quantitative estimate of drug-likeness (QED) is 0.807. The molecule has 8 nitrogen and oxygen atoms in total. The number of carbonyl (C=O) groups is 2. The van der Waals surface area contributed by atoms with Crippen molar-refractivity contribution in [2.75, 3.05) is 23.3 Å². The SMILES string of the molecule is O=C(O)Cn1cc(NC(=O)[C@@H]2CCCN(c3cccnc3)C2)c(Cl)cc1=O. The molecule has 1 atom stereocenters. The second kappa shape index (κ2) is 8.22. The molecular formula is C18H19ClN4O4. The number of aromatic nitrogens is 2. The van der Waals surface area contributed by atoms with Crippen LogP contribution in [-0.2, 0) is 16.1 Å². The number of rotatable bonds is 5. The summed E-state index contributed by atoms with van der Waals surface area (Å²) in [7, 11) is 0. The number of piperidine rings is 1. The van der Waals surface area contributed by atoms with E-state index < -0.39 is 18.1 Å². The number of aliphatic carboxylic acids is 1. The van der Waals surface area contributed by atoms with Crippen LogP contribution in [-0.4, -0.2) is 39.6 Å². The molecule has 2 aromatic heterocycles. The number of carboxylic acids is 1. The van der Waals surface area contributed by atoms with Crippen molar-refractivity contribution in [3.05, 3.63) is 52.2 Å². The van der Waals surface area contributed by atoms with Gasteiger partial charge in [0.15, 0.2) is 0 Å². The van der Waals surface area contributed by atoms with Crippen LogP contribution in [0.5, 0.6) is 0 Å². The number of nitrogens with one attached hydrogen (secondary N) is 1. The Kier molecular flexibility index (Phi) is 5.75. The Hall–Kier alpha value is -2.87. The largest absolute Gasteiger partial charge is 0.480 e. The minimum absolute atomic E-state index is 0.0786. The third kappa shape index (κ3) is 4.65. The summed E-state index contributed by atoms with van der Waals surface area (Å²) < 4.78 is 0.993. The fourth-order valence-electron chi connectivity index (χ4n) is 3.11. The van der Waals surface area contributed by atoms with Crippen molar-refractivity contribution in [3.63, 3.8) is 0 Å². The van der Waals surface area contributed by atoms with Crippen molar-refractivity contribution in [2.45, 2.75) is 19.4 Å². The summed E-state index contributed by atoms with van der Waals surface area (Å²) >= 11 is 6.05. The van der Waals surface area contributed by atoms with E-state index in [0.717, 1.165) is 35.7 Å². The van der Waals surface area contributed by atoms with Crippen molar-refractivity contribution >= 4 is 34.9 Å². The lowest BCUT2D eigenvalue weighted by molar-refractivity contribution is -0.137. The normalized spacial score (nSPS) is 16.8. The fraction of sp³-hybridized carbons (Fsp3) is 0.333. The van der Waals surface area contributed by atoms with Crippen LogP contribution in [0.2, 0.25) is 5.02 Å². The predicted molar refractivity (Wildman–Crippen MR) is 101 cm³/mol. The van der Waals surface area contributed by atoms with Gasteiger partial charge in [0.1, 0.15) is 6.54 Å². The zero-order valence-electron chi connectivity index (χ0n) is 14.5. The van der Waals surface area contributed by atoms with Crippen LogP contribution in [0.25, 0.3) is 0 Å². The molecule has 0 aliphatic carbocycles. The van der Waals surface area contributed by atoms with Gasteiger partial charge < -0.3 is 19.9 Å². The van der Waals surface area contributed by atoms with Gasteiger partial charge in [-0.3, -0.25) is 19.4 Å². The maximum absolute atomic E-state index is 12.7. The summed E-state index contributed by atoms with van der Waals surface area (Å²) in [5, 5.41) is 11.7. The molecule has 0 aromatic carbocycles. The molecule has 2 N–H and O–H groups in total. The Morgan fingerprint density at radius 3 is 2.93 bits per heavy atom. The Morgan fingerprint density at radius 2 is 2.22 bits per heavy atom. The summed E-state index contributed by atoms with van der Waals surface area (Å²) in [6.07, 6.45) is 6.32. The van der Waals surface area contributed by atoms with Crippen LogP contribution in [0.15, 0.2) is 41.6 Å². The number of hydrogen-bond donors (Lipinski definition) is 2. The van der Waals surface area contributed by atoms with Crippen LogP contribution in [0, 0.1) is 5.92 Å². The Bertz CT molecular complexity index is 900. The third-order valence-electron chi connectivity index (χ3n) is 4.44. The molecule has 9 heteroatoms. The van der Waals surface area contributed by atoms with Gasteiger partial charge in [-0.1, -0.05) is 11.6 Å². The van der Waals surface area contributed by atoms with Gasteiger partial charge in [-0.15, -0.1) is 0 Å². The van der Waals surface area contributed by atoms with Gasteiger partial charge in [0.2, 0.25) is 5.91 Å². The molecule has 1 fully saturated rings. The highest BCUT2D eigenvalue weighted by atomic mass is 35.5. The minimum Gasteiger partial charge on any atom is -0.480 e. The molecule has 142 valence electrons. The molecule has 0 radical (unpaired) electrons. The molecule has 3 rings (SSSR count). The maximum Gasteiger partial charge on any atom is 0.323 e. The topological polar surface area (TPSA) is 105 Å². The van der Waals surface area contributed by atoms with E-state index in [1.807, 2.05) is 12.1 Å². The second-order valence-corrected chi connectivity index (χ2v) is 6.79. The number of halogens is 1.